The van der Waals surface area contributed by atoms with Crippen LogP contribution in [0.4, 0.5) is 13.2 Å². The summed E-state index contributed by atoms with van der Waals surface area (Å²) in [5, 5.41) is 6.51. The van der Waals surface area contributed by atoms with Crippen molar-refractivity contribution < 1.29 is 22.4 Å². The number of nitrogens with one attached hydrogen (secondary N) is 1. The molecule has 0 aliphatic carbocycles. The Morgan fingerprint density at radius 3 is 2.50 bits per heavy atom. The van der Waals surface area contributed by atoms with Crippen molar-refractivity contribution in [1.82, 2.24) is 19.9 Å². The molecule has 0 saturated heterocycles. The van der Waals surface area contributed by atoms with Gasteiger partial charge in [0, 0.05) is 6.54 Å². The van der Waals surface area contributed by atoms with Gasteiger partial charge >= 0.3 is 6.18 Å². The van der Waals surface area contributed by atoms with Gasteiger partial charge in [-0.15, -0.1) is 0 Å². The lowest BCUT2D eigenvalue weighted by atomic mass is 10.2. The lowest BCUT2D eigenvalue weighted by molar-refractivity contribution is -0.142. The summed E-state index contributed by atoms with van der Waals surface area (Å²) < 4.78 is 47.4. The zero-order chi connectivity index (χ0) is 21.5. The third kappa shape index (κ3) is 3.99. The van der Waals surface area contributed by atoms with Gasteiger partial charge in [0.25, 0.3) is 5.91 Å². The minimum atomic E-state index is -4.73. The van der Waals surface area contributed by atoms with E-state index in [9.17, 15) is 18.0 Å². The van der Waals surface area contributed by atoms with Crippen molar-refractivity contribution in [2.24, 2.45) is 0 Å². The Balaban J connectivity index is 1.77. The van der Waals surface area contributed by atoms with E-state index in [1.165, 1.54) is 6.07 Å². The second-order valence-corrected chi connectivity index (χ2v) is 7.77. The molecule has 0 bridgehead atoms. The van der Waals surface area contributed by atoms with Gasteiger partial charge in [0.2, 0.25) is 0 Å². The highest BCUT2D eigenvalue weighted by molar-refractivity contribution is 9.10. The zero-order valence-corrected chi connectivity index (χ0v) is 18.0. The van der Waals surface area contributed by atoms with Gasteiger partial charge in [-0.3, -0.25) is 4.79 Å². The molecule has 0 fully saturated rings. The summed E-state index contributed by atoms with van der Waals surface area (Å²) in [5.41, 5.74) is -0.653. The van der Waals surface area contributed by atoms with E-state index in [1.807, 2.05) is 30.3 Å². The molecule has 0 atom stereocenters. The number of benzene rings is 1. The van der Waals surface area contributed by atoms with Crippen LogP contribution < -0.4 is 5.32 Å². The van der Waals surface area contributed by atoms with Crippen LogP contribution in [-0.4, -0.2) is 20.5 Å². The first-order valence-corrected chi connectivity index (χ1v) is 10.1. The SMILES string of the molecule is O=C(NCc1ccccc1)c1nn2c(C(F)(F)F)cc(-c3ccc(Br)o3)nc2c1Br. The molecule has 30 heavy (non-hydrogen) atoms. The minimum absolute atomic E-state index is 0.0441. The fourth-order valence-corrected chi connectivity index (χ4v) is 3.60. The van der Waals surface area contributed by atoms with Crippen LogP contribution in [0.25, 0.3) is 17.1 Å². The Labute approximate surface area is 184 Å². The lowest BCUT2D eigenvalue weighted by Gasteiger charge is -2.10. The Kier molecular flexibility index (Phi) is 5.41. The molecule has 11 heteroatoms. The average molecular weight is 544 g/mol. The highest BCUT2D eigenvalue weighted by Crippen LogP contribution is 2.35. The van der Waals surface area contributed by atoms with Gasteiger partial charge in [-0.25, -0.2) is 9.50 Å². The highest BCUT2D eigenvalue weighted by Gasteiger charge is 2.37. The Hall–Kier alpha value is -2.66. The number of rotatable bonds is 4. The molecule has 0 aliphatic heterocycles. The number of nitrogens with zero attached hydrogens (tertiary/aromatic N) is 3. The smallest absolute Gasteiger partial charge is 0.433 e. The number of hydrogen-bond acceptors (Lipinski definition) is 4. The summed E-state index contributed by atoms with van der Waals surface area (Å²) >= 11 is 6.29. The summed E-state index contributed by atoms with van der Waals surface area (Å²) in [6, 6.07) is 13.0. The van der Waals surface area contributed by atoms with Crippen LogP contribution in [-0.2, 0) is 12.7 Å². The van der Waals surface area contributed by atoms with Gasteiger partial charge in [-0.2, -0.15) is 18.3 Å². The quantitative estimate of drug-likeness (QED) is 0.371. The summed E-state index contributed by atoms with van der Waals surface area (Å²) in [6.45, 7) is 0.200. The van der Waals surface area contributed by atoms with Crippen LogP contribution >= 0.6 is 31.9 Å². The number of halogens is 5. The Morgan fingerprint density at radius 2 is 1.87 bits per heavy atom. The lowest BCUT2D eigenvalue weighted by Crippen LogP contribution is -2.23. The molecule has 3 aromatic heterocycles. The molecule has 1 amide bonds. The predicted octanol–water partition coefficient (Wildman–Crippen LogP) is 5.46. The maximum atomic E-state index is 13.7. The summed E-state index contributed by atoms with van der Waals surface area (Å²) in [6.07, 6.45) is -4.73. The maximum absolute atomic E-state index is 13.7. The monoisotopic (exact) mass is 542 g/mol. The van der Waals surface area contributed by atoms with E-state index in [-0.39, 0.29) is 33.8 Å². The van der Waals surface area contributed by atoms with E-state index < -0.39 is 17.8 Å². The van der Waals surface area contributed by atoms with Crippen molar-refractivity contribution in [2.45, 2.75) is 12.7 Å². The molecule has 4 aromatic rings. The van der Waals surface area contributed by atoms with Crippen molar-refractivity contribution in [1.29, 1.82) is 0 Å². The van der Waals surface area contributed by atoms with Gasteiger partial charge in [0.1, 0.15) is 5.69 Å². The largest absolute Gasteiger partial charge is 0.448 e. The first-order valence-electron chi connectivity index (χ1n) is 8.48. The molecule has 0 spiro atoms. The second kappa shape index (κ2) is 7.88. The molecule has 3 heterocycles. The maximum Gasteiger partial charge on any atom is 0.433 e. The second-order valence-electron chi connectivity index (χ2n) is 6.19. The van der Waals surface area contributed by atoms with Crippen molar-refractivity contribution in [3.05, 3.63) is 74.6 Å². The Bertz CT molecular complexity index is 1240. The molecular formula is C19H11Br2F3N4O2. The van der Waals surface area contributed by atoms with Gasteiger partial charge < -0.3 is 9.73 Å². The molecule has 1 N–H and O–H groups in total. The Morgan fingerprint density at radius 1 is 1.13 bits per heavy atom. The molecule has 4 rings (SSSR count). The molecule has 154 valence electrons. The number of hydrogen-bond donors (Lipinski definition) is 1. The van der Waals surface area contributed by atoms with Crippen LogP contribution in [0.2, 0.25) is 0 Å². The summed E-state index contributed by atoms with van der Waals surface area (Å²) in [7, 11) is 0. The van der Waals surface area contributed by atoms with Crippen molar-refractivity contribution >= 4 is 43.4 Å². The number of amides is 1. The number of fused-ring (bicyclic) bond motifs is 1. The minimum Gasteiger partial charge on any atom is -0.448 e. The van der Waals surface area contributed by atoms with E-state index in [0.717, 1.165) is 11.6 Å². The number of carbonyl (C=O) groups is 1. The van der Waals surface area contributed by atoms with Crippen LogP contribution in [0.5, 0.6) is 0 Å². The van der Waals surface area contributed by atoms with Gasteiger partial charge in [-0.05, 0) is 55.6 Å². The zero-order valence-electron chi connectivity index (χ0n) is 14.9. The number of furan rings is 1. The molecule has 0 unspecified atom stereocenters. The standard InChI is InChI=1S/C19H11Br2F3N4O2/c20-14-7-6-12(30-14)11-8-13(19(22,23)24)28-17(26-11)15(21)16(27-28)18(29)25-9-10-4-2-1-3-5-10/h1-8H,9H2,(H,25,29). The first kappa shape index (κ1) is 20.6. The number of alkyl halides is 3. The topological polar surface area (TPSA) is 72.4 Å². The normalized spacial score (nSPS) is 11.8. The fraction of sp³-hybridized carbons (Fsp3) is 0.105. The van der Waals surface area contributed by atoms with Crippen LogP contribution in [0, 0.1) is 0 Å². The molecule has 6 nitrogen and oxygen atoms in total. The molecule has 0 saturated carbocycles. The third-order valence-electron chi connectivity index (χ3n) is 4.16. The summed E-state index contributed by atoms with van der Waals surface area (Å²) in [4.78, 5) is 16.8. The van der Waals surface area contributed by atoms with Crippen LogP contribution in [0.1, 0.15) is 21.7 Å². The van der Waals surface area contributed by atoms with E-state index in [0.29, 0.717) is 9.18 Å². The highest BCUT2D eigenvalue weighted by atomic mass is 79.9. The van der Waals surface area contributed by atoms with Crippen molar-refractivity contribution in [2.75, 3.05) is 0 Å². The predicted molar refractivity (Wildman–Crippen MR) is 109 cm³/mol. The van der Waals surface area contributed by atoms with E-state index in [1.54, 1.807) is 6.07 Å². The van der Waals surface area contributed by atoms with E-state index in [2.05, 4.69) is 47.3 Å². The summed E-state index contributed by atoms with van der Waals surface area (Å²) in [5.74, 6) is -0.496. The van der Waals surface area contributed by atoms with Crippen molar-refractivity contribution in [3.8, 4) is 11.5 Å². The number of carbonyl (C=O) groups excluding carboxylic acids is 1. The first-order chi connectivity index (χ1) is 14.2. The van der Waals surface area contributed by atoms with Gasteiger partial charge in [0.05, 0.1) is 4.47 Å². The number of aromatic nitrogens is 3. The van der Waals surface area contributed by atoms with E-state index in [4.69, 9.17) is 4.42 Å². The average Bonchev–Trinajstić information content (AvgIpc) is 3.29. The molecular weight excluding hydrogens is 533 g/mol. The van der Waals surface area contributed by atoms with E-state index >= 15 is 0 Å². The molecule has 1 aromatic carbocycles. The molecule has 0 aliphatic rings. The van der Waals surface area contributed by atoms with Crippen LogP contribution in [0.15, 0.2) is 62.1 Å². The van der Waals surface area contributed by atoms with Crippen LogP contribution in [0.3, 0.4) is 0 Å². The third-order valence-corrected chi connectivity index (χ3v) is 5.32. The molecule has 0 radical (unpaired) electrons. The van der Waals surface area contributed by atoms with Gasteiger partial charge in [0.15, 0.2) is 27.5 Å². The van der Waals surface area contributed by atoms with Crippen molar-refractivity contribution in [3.63, 3.8) is 0 Å². The fourth-order valence-electron chi connectivity index (χ4n) is 2.78. The van der Waals surface area contributed by atoms with Gasteiger partial charge in [-0.1, -0.05) is 30.3 Å².